The fourth-order valence-corrected chi connectivity index (χ4v) is 1.24. The van der Waals surface area contributed by atoms with Crippen LogP contribution in [0.2, 0.25) is 0 Å². The van der Waals surface area contributed by atoms with Gasteiger partial charge >= 0.3 is 0 Å². The molecule has 0 amide bonds. The van der Waals surface area contributed by atoms with Crippen LogP contribution in [0.15, 0.2) is 30.3 Å². The van der Waals surface area contributed by atoms with Crippen molar-refractivity contribution in [2.24, 2.45) is 0 Å². The van der Waals surface area contributed by atoms with Crippen molar-refractivity contribution in [3.63, 3.8) is 0 Å². The summed E-state index contributed by atoms with van der Waals surface area (Å²) in [5.74, 6) is 0.591. The summed E-state index contributed by atoms with van der Waals surface area (Å²) in [7, 11) is 0. The normalized spacial score (nSPS) is 9.55. The molecule has 0 aromatic heterocycles. The van der Waals surface area contributed by atoms with Crippen LogP contribution in [-0.2, 0) is 0 Å². The Morgan fingerprint density at radius 1 is 1.36 bits per heavy atom. The summed E-state index contributed by atoms with van der Waals surface area (Å²) >= 11 is 1.23. The van der Waals surface area contributed by atoms with Gasteiger partial charge in [0.25, 0.3) is 0 Å². The fourth-order valence-electron chi connectivity index (χ4n) is 0.750. The molecule has 2 heteroatoms. The molecule has 1 aromatic carbocycles. The van der Waals surface area contributed by atoms with E-state index in [2.05, 4.69) is 6.92 Å². The summed E-state index contributed by atoms with van der Waals surface area (Å²) in [4.78, 5) is 11.2. The average Bonchev–Trinajstić information content (AvgIpc) is 2.07. The molecule has 0 spiro atoms. The standard InChI is InChI=1S/C9H9OS/c1-2-11-9(10)8-6-4-3-5-7-8/h3-7H,1-2H2. The van der Waals surface area contributed by atoms with Crippen molar-refractivity contribution in [3.8, 4) is 0 Å². The van der Waals surface area contributed by atoms with Crippen LogP contribution in [0.5, 0.6) is 0 Å². The minimum absolute atomic E-state index is 0.0978. The van der Waals surface area contributed by atoms with E-state index in [-0.39, 0.29) is 5.12 Å². The first kappa shape index (κ1) is 8.34. The van der Waals surface area contributed by atoms with Gasteiger partial charge in [0.05, 0.1) is 0 Å². The van der Waals surface area contributed by atoms with Crippen molar-refractivity contribution in [2.75, 3.05) is 5.75 Å². The third-order valence-electron chi connectivity index (χ3n) is 1.24. The van der Waals surface area contributed by atoms with E-state index in [1.165, 1.54) is 11.8 Å². The molecule has 0 N–H and O–H groups in total. The van der Waals surface area contributed by atoms with E-state index in [1.54, 1.807) is 0 Å². The molecule has 1 nitrogen and oxygen atoms in total. The maximum Gasteiger partial charge on any atom is 0.219 e. The molecule has 1 rings (SSSR count). The van der Waals surface area contributed by atoms with Gasteiger partial charge in [-0.05, 0) is 6.92 Å². The van der Waals surface area contributed by atoms with E-state index >= 15 is 0 Å². The summed E-state index contributed by atoms with van der Waals surface area (Å²) in [6.45, 7) is 3.59. The summed E-state index contributed by atoms with van der Waals surface area (Å²) in [6.07, 6.45) is 0. The summed E-state index contributed by atoms with van der Waals surface area (Å²) in [5, 5.41) is 0.0978. The lowest BCUT2D eigenvalue weighted by molar-refractivity contribution is 0.108. The van der Waals surface area contributed by atoms with Crippen molar-refractivity contribution in [2.45, 2.75) is 0 Å². The number of carbonyl (C=O) groups is 1. The number of hydrogen-bond acceptors (Lipinski definition) is 2. The SMILES string of the molecule is [CH2]CSC(=O)c1ccccc1. The van der Waals surface area contributed by atoms with Crippen molar-refractivity contribution in [1.82, 2.24) is 0 Å². The van der Waals surface area contributed by atoms with Gasteiger partial charge in [-0.15, -0.1) is 0 Å². The molecule has 0 bridgehead atoms. The Balaban J connectivity index is 2.69. The zero-order valence-corrected chi connectivity index (χ0v) is 6.93. The highest BCUT2D eigenvalue weighted by Crippen LogP contribution is 2.10. The molecule has 0 atom stereocenters. The molecule has 1 radical (unpaired) electrons. The first-order chi connectivity index (χ1) is 5.34. The Hall–Kier alpha value is -0.760. The molecule has 0 aliphatic rings. The van der Waals surface area contributed by atoms with Gasteiger partial charge in [-0.2, -0.15) is 0 Å². The van der Waals surface area contributed by atoms with E-state index < -0.39 is 0 Å². The highest BCUT2D eigenvalue weighted by atomic mass is 32.2. The second-order valence-corrected chi connectivity index (χ2v) is 3.07. The van der Waals surface area contributed by atoms with Gasteiger partial charge in [0, 0.05) is 11.3 Å². The third kappa shape index (κ3) is 2.39. The number of thioether (sulfide) groups is 1. The van der Waals surface area contributed by atoms with E-state index in [4.69, 9.17) is 0 Å². The number of rotatable bonds is 2. The molecule has 1 aromatic rings. The molecule has 0 saturated heterocycles. The van der Waals surface area contributed by atoms with Crippen LogP contribution in [-0.4, -0.2) is 10.9 Å². The fraction of sp³-hybridized carbons (Fsp3) is 0.111. The van der Waals surface area contributed by atoms with Gasteiger partial charge < -0.3 is 0 Å². The quantitative estimate of drug-likeness (QED) is 0.669. The molecule has 0 aliphatic heterocycles. The second-order valence-electron chi connectivity index (χ2n) is 2.00. The third-order valence-corrected chi connectivity index (χ3v) is 1.94. The Bertz CT molecular complexity index is 231. The van der Waals surface area contributed by atoms with Gasteiger partial charge in [-0.25, -0.2) is 0 Å². The van der Waals surface area contributed by atoms with E-state index in [1.807, 2.05) is 30.3 Å². The zero-order valence-electron chi connectivity index (χ0n) is 6.12. The van der Waals surface area contributed by atoms with E-state index in [0.29, 0.717) is 5.75 Å². The molecule has 57 valence electrons. The molecular formula is C9H9OS. The first-order valence-corrected chi connectivity index (χ1v) is 4.34. The monoisotopic (exact) mass is 165 g/mol. The predicted octanol–water partition coefficient (Wildman–Crippen LogP) is 2.39. The van der Waals surface area contributed by atoms with Gasteiger partial charge in [-0.1, -0.05) is 42.1 Å². The Morgan fingerprint density at radius 3 is 2.55 bits per heavy atom. The lowest BCUT2D eigenvalue weighted by Gasteiger charge is -1.95. The van der Waals surface area contributed by atoms with Crippen LogP contribution in [0.1, 0.15) is 10.4 Å². The second kappa shape index (κ2) is 4.19. The van der Waals surface area contributed by atoms with Crippen LogP contribution in [0.4, 0.5) is 0 Å². The molecular weight excluding hydrogens is 156 g/mol. The highest BCUT2D eigenvalue weighted by molar-refractivity contribution is 8.14. The zero-order chi connectivity index (χ0) is 8.10. The first-order valence-electron chi connectivity index (χ1n) is 3.36. The maximum atomic E-state index is 11.2. The van der Waals surface area contributed by atoms with Gasteiger partial charge in [0.2, 0.25) is 5.12 Å². The van der Waals surface area contributed by atoms with Crippen LogP contribution in [0.25, 0.3) is 0 Å². The Kier molecular flexibility index (Phi) is 3.17. The molecule has 0 aliphatic carbocycles. The van der Waals surface area contributed by atoms with E-state index in [0.717, 1.165) is 5.56 Å². The van der Waals surface area contributed by atoms with Crippen molar-refractivity contribution < 1.29 is 4.79 Å². The summed E-state index contributed by atoms with van der Waals surface area (Å²) in [5.41, 5.74) is 0.751. The van der Waals surface area contributed by atoms with Crippen molar-refractivity contribution >= 4 is 16.9 Å². The maximum absolute atomic E-state index is 11.2. The average molecular weight is 165 g/mol. The minimum Gasteiger partial charge on any atom is -0.282 e. The van der Waals surface area contributed by atoms with Gasteiger partial charge in [-0.3, -0.25) is 4.79 Å². The van der Waals surface area contributed by atoms with Crippen LogP contribution in [0.3, 0.4) is 0 Å². The van der Waals surface area contributed by atoms with Crippen LogP contribution in [0, 0.1) is 6.92 Å². The number of hydrogen-bond donors (Lipinski definition) is 0. The molecule has 11 heavy (non-hydrogen) atoms. The Morgan fingerprint density at radius 2 is 2.00 bits per heavy atom. The molecule has 0 fully saturated rings. The lowest BCUT2D eigenvalue weighted by Crippen LogP contribution is -1.92. The summed E-state index contributed by atoms with van der Waals surface area (Å²) in [6, 6.07) is 9.23. The largest absolute Gasteiger partial charge is 0.282 e. The van der Waals surface area contributed by atoms with Crippen LogP contribution >= 0.6 is 11.8 Å². The number of benzene rings is 1. The van der Waals surface area contributed by atoms with Gasteiger partial charge in [0.1, 0.15) is 0 Å². The van der Waals surface area contributed by atoms with Crippen molar-refractivity contribution in [1.29, 1.82) is 0 Å². The smallest absolute Gasteiger partial charge is 0.219 e. The molecule has 0 unspecified atom stereocenters. The highest BCUT2D eigenvalue weighted by Gasteiger charge is 2.01. The number of carbonyl (C=O) groups excluding carboxylic acids is 1. The lowest BCUT2D eigenvalue weighted by atomic mass is 10.2. The Labute approximate surface area is 70.8 Å². The van der Waals surface area contributed by atoms with Gasteiger partial charge in [0.15, 0.2) is 0 Å². The van der Waals surface area contributed by atoms with Crippen molar-refractivity contribution in [3.05, 3.63) is 42.8 Å². The molecule has 0 heterocycles. The predicted molar refractivity (Wildman–Crippen MR) is 48.6 cm³/mol. The minimum atomic E-state index is 0.0978. The topological polar surface area (TPSA) is 17.1 Å². The molecule has 0 saturated carbocycles. The van der Waals surface area contributed by atoms with Crippen LogP contribution < -0.4 is 0 Å². The summed E-state index contributed by atoms with van der Waals surface area (Å²) < 4.78 is 0. The van der Waals surface area contributed by atoms with E-state index in [9.17, 15) is 4.79 Å².